The zero-order valence-electron chi connectivity index (χ0n) is 6.41. The molecule has 0 unspecified atom stereocenters. The van der Waals surface area contributed by atoms with Gasteiger partial charge in [0.15, 0.2) is 9.66 Å². The molecule has 0 aromatic rings. The van der Waals surface area contributed by atoms with E-state index in [2.05, 4.69) is 4.74 Å². The molecule has 0 aliphatic carbocycles. The number of rotatable bonds is 1. The zero-order chi connectivity index (χ0) is 10.0. The first-order valence-electron chi connectivity index (χ1n) is 3.13. The summed E-state index contributed by atoms with van der Waals surface area (Å²) in [6, 6.07) is 0. The Bertz CT molecular complexity index is 341. The van der Waals surface area contributed by atoms with E-state index < -0.39 is 45.9 Å². The molecular formula is C7H4F3IO2. The van der Waals surface area contributed by atoms with E-state index >= 15 is 0 Å². The third-order valence-electron chi connectivity index (χ3n) is 1.04. The lowest BCUT2D eigenvalue weighted by Gasteiger charge is -2.07. The van der Waals surface area contributed by atoms with Crippen molar-refractivity contribution in [2.45, 2.75) is 6.92 Å². The van der Waals surface area contributed by atoms with Crippen molar-refractivity contribution >= 4 is 30.5 Å². The van der Waals surface area contributed by atoms with Crippen molar-refractivity contribution < 1.29 is 22.7 Å². The van der Waals surface area contributed by atoms with Crippen LogP contribution in [0.1, 0.15) is 6.92 Å². The molecule has 72 valence electrons. The van der Waals surface area contributed by atoms with Crippen molar-refractivity contribution in [3.05, 3.63) is 21.5 Å². The summed E-state index contributed by atoms with van der Waals surface area (Å²) in [7, 11) is 0. The summed E-state index contributed by atoms with van der Waals surface area (Å²) in [5, 5.41) is 0. The molecule has 0 aromatic heterocycles. The number of allylic oxidation sites excluding steroid dienone is 3. The topological polar surface area (TPSA) is 26.3 Å². The molecule has 0 bridgehead atoms. The number of carbonyl (C=O) groups is 1. The predicted octanol–water partition coefficient (Wildman–Crippen LogP) is 2.63. The Morgan fingerprint density at radius 1 is 1.46 bits per heavy atom. The minimum Gasteiger partial charge on any atom is -0.420 e. The molecule has 0 fully saturated rings. The molecular weight excluding hydrogens is 300 g/mol. The van der Waals surface area contributed by atoms with Crippen molar-refractivity contribution in [3.63, 3.8) is 0 Å². The van der Waals surface area contributed by atoms with E-state index in [4.69, 9.17) is 0 Å². The Morgan fingerprint density at radius 2 is 2.08 bits per heavy atom. The monoisotopic (exact) mass is 304 g/mol. The van der Waals surface area contributed by atoms with E-state index in [-0.39, 0.29) is 0 Å². The minimum absolute atomic E-state index is 0.536. The van der Waals surface area contributed by atoms with Gasteiger partial charge >= 0.3 is 5.97 Å². The lowest BCUT2D eigenvalue weighted by molar-refractivity contribution is -0.136. The number of esters is 1. The molecule has 0 N–H and O–H groups in total. The molecule has 0 saturated carbocycles. The molecule has 0 spiro atoms. The van der Waals surface area contributed by atoms with Gasteiger partial charge < -0.3 is 4.74 Å². The second-order valence-corrected chi connectivity index (χ2v) is 4.58. The Hall–Kier alpha value is -0.660. The Morgan fingerprint density at radius 3 is 2.54 bits per heavy atom. The SMILES string of the molecule is CC(=O)OC1=C(F)C=C(F)I=C1F. The highest BCUT2D eigenvalue weighted by Gasteiger charge is 2.20. The molecule has 0 amide bonds. The smallest absolute Gasteiger partial charge is 0.308 e. The Balaban J connectivity index is 3.02. The summed E-state index contributed by atoms with van der Waals surface area (Å²) in [6.07, 6.45) is 0.536. The summed E-state index contributed by atoms with van der Waals surface area (Å²) in [4.78, 5) is 10.4. The molecule has 1 rings (SSSR count). The van der Waals surface area contributed by atoms with Crippen LogP contribution in [0.3, 0.4) is 0 Å². The fraction of sp³-hybridized carbons (Fsp3) is 0.143. The average Bonchev–Trinajstić information content (AvgIpc) is 1.96. The van der Waals surface area contributed by atoms with E-state index in [1.165, 1.54) is 0 Å². The third kappa shape index (κ3) is 2.64. The first kappa shape index (κ1) is 10.4. The molecule has 1 aliphatic heterocycles. The van der Waals surface area contributed by atoms with Crippen LogP contribution in [0.15, 0.2) is 21.5 Å². The van der Waals surface area contributed by atoms with E-state index in [1.54, 1.807) is 0 Å². The van der Waals surface area contributed by atoms with Gasteiger partial charge in [-0.05, 0) is 20.7 Å². The van der Waals surface area contributed by atoms with Crippen molar-refractivity contribution in [3.8, 4) is 0 Å². The molecule has 6 heteroatoms. The van der Waals surface area contributed by atoms with Gasteiger partial charge in [-0.2, -0.15) is 4.39 Å². The first-order chi connectivity index (χ1) is 6.00. The van der Waals surface area contributed by atoms with E-state index in [0.29, 0.717) is 6.08 Å². The maximum atomic E-state index is 12.8. The lowest BCUT2D eigenvalue weighted by Crippen LogP contribution is -2.07. The maximum absolute atomic E-state index is 12.8. The van der Waals surface area contributed by atoms with Crippen molar-refractivity contribution in [2.75, 3.05) is 0 Å². The van der Waals surface area contributed by atoms with Gasteiger partial charge in [0.2, 0.25) is 9.52 Å². The molecule has 1 aliphatic rings. The number of hydrogen-bond acceptors (Lipinski definition) is 2. The summed E-state index contributed by atoms with van der Waals surface area (Å²) >= 11 is -1.64. The standard InChI is InChI=1S/C7H4F3IO2/c1-3(12)13-6-4(8)2-5(9)11-7(6)10/h2H,1H3. The quantitative estimate of drug-likeness (QED) is 0.550. The highest BCUT2D eigenvalue weighted by Crippen LogP contribution is 2.31. The van der Waals surface area contributed by atoms with Crippen molar-refractivity contribution in [2.24, 2.45) is 0 Å². The van der Waals surface area contributed by atoms with Gasteiger partial charge in [-0.1, -0.05) is 0 Å². The van der Waals surface area contributed by atoms with Crippen LogP contribution in [0.5, 0.6) is 0 Å². The van der Waals surface area contributed by atoms with Gasteiger partial charge in [0.25, 0.3) is 0 Å². The van der Waals surface area contributed by atoms with E-state index in [0.717, 1.165) is 6.92 Å². The summed E-state index contributed by atoms with van der Waals surface area (Å²) < 4.78 is 40.4. The highest BCUT2D eigenvalue weighted by atomic mass is 127. The molecule has 0 atom stereocenters. The van der Waals surface area contributed by atoms with Gasteiger partial charge in [-0.3, -0.25) is 4.79 Å². The Kier molecular flexibility index (Phi) is 3.23. The fourth-order valence-electron chi connectivity index (χ4n) is 0.632. The first-order valence-corrected chi connectivity index (χ1v) is 5.29. The van der Waals surface area contributed by atoms with E-state index in [1.807, 2.05) is 0 Å². The number of hydrogen-bond donors (Lipinski definition) is 0. The van der Waals surface area contributed by atoms with Gasteiger partial charge in [-0.15, -0.1) is 0 Å². The third-order valence-corrected chi connectivity index (χ3v) is 2.83. The summed E-state index contributed by atoms with van der Waals surface area (Å²) in [5.41, 5.74) is 0. The summed E-state index contributed by atoms with van der Waals surface area (Å²) in [5.74, 6) is -2.79. The number of halogens is 4. The van der Waals surface area contributed by atoms with Crippen molar-refractivity contribution in [1.82, 2.24) is 0 Å². The molecule has 13 heavy (non-hydrogen) atoms. The Labute approximate surface area is 81.8 Å². The molecule has 2 nitrogen and oxygen atoms in total. The fourth-order valence-corrected chi connectivity index (χ4v) is 2.13. The van der Waals surface area contributed by atoms with E-state index in [9.17, 15) is 18.0 Å². The second-order valence-electron chi connectivity index (χ2n) is 2.06. The molecule has 1 heterocycles. The van der Waals surface area contributed by atoms with Gasteiger partial charge in [0.1, 0.15) is 0 Å². The van der Waals surface area contributed by atoms with Gasteiger partial charge in [-0.25, -0.2) is 8.78 Å². The number of ether oxygens (including phenoxy) is 1. The van der Waals surface area contributed by atoms with Crippen LogP contribution in [0.2, 0.25) is 0 Å². The molecule has 0 aromatic carbocycles. The number of carbonyl (C=O) groups excluding carboxylic acids is 1. The van der Waals surface area contributed by atoms with Crippen LogP contribution in [0.4, 0.5) is 13.2 Å². The van der Waals surface area contributed by atoms with Crippen LogP contribution in [-0.4, -0.2) is 9.73 Å². The lowest BCUT2D eigenvalue weighted by atomic mass is 10.4. The molecule has 0 radical (unpaired) electrons. The predicted molar refractivity (Wildman–Crippen MR) is 49.2 cm³/mol. The van der Waals surface area contributed by atoms with Crippen LogP contribution < -0.4 is 0 Å². The van der Waals surface area contributed by atoms with Gasteiger partial charge in [0, 0.05) is 13.0 Å². The summed E-state index contributed by atoms with van der Waals surface area (Å²) in [6.45, 7) is 1.01. The largest absolute Gasteiger partial charge is 0.420 e. The average molecular weight is 304 g/mol. The normalized spacial score (nSPS) is 17.2. The van der Waals surface area contributed by atoms with Crippen LogP contribution in [-0.2, 0) is 9.53 Å². The van der Waals surface area contributed by atoms with Crippen molar-refractivity contribution in [1.29, 1.82) is 0 Å². The zero-order valence-corrected chi connectivity index (χ0v) is 8.56. The van der Waals surface area contributed by atoms with Crippen LogP contribution in [0, 0.1) is 0 Å². The van der Waals surface area contributed by atoms with Crippen LogP contribution in [0.25, 0.3) is 0 Å². The van der Waals surface area contributed by atoms with Gasteiger partial charge in [0.05, 0.1) is 0 Å². The van der Waals surface area contributed by atoms with Crippen LogP contribution >= 0.6 is 20.7 Å². The highest BCUT2D eigenvalue weighted by molar-refractivity contribution is 14.2. The second kappa shape index (κ2) is 4.03. The maximum Gasteiger partial charge on any atom is 0.308 e. The molecule has 0 saturated heterocycles. The minimum atomic E-state index is -1.64.